The van der Waals surface area contributed by atoms with Crippen molar-refractivity contribution in [2.75, 3.05) is 18.4 Å². The second kappa shape index (κ2) is 8.94. The Morgan fingerprint density at radius 1 is 1.17 bits per heavy atom. The van der Waals surface area contributed by atoms with Gasteiger partial charge in [0.1, 0.15) is 5.69 Å². The van der Waals surface area contributed by atoms with Gasteiger partial charge in [0.2, 0.25) is 11.8 Å². The van der Waals surface area contributed by atoms with Gasteiger partial charge in [0.05, 0.1) is 0 Å². The van der Waals surface area contributed by atoms with Crippen molar-refractivity contribution in [3.63, 3.8) is 0 Å². The lowest BCUT2D eigenvalue weighted by Crippen LogP contribution is -2.34. The Bertz CT molecular complexity index is 991. The van der Waals surface area contributed by atoms with Crippen LogP contribution in [0.4, 0.5) is 5.69 Å². The monoisotopic (exact) mass is 410 g/mol. The summed E-state index contributed by atoms with van der Waals surface area (Å²) < 4.78 is 0. The largest absolute Gasteiger partial charge is 0.366 e. The van der Waals surface area contributed by atoms with Gasteiger partial charge in [-0.05, 0) is 56.5 Å². The molecule has 1 aromatic heterocycles. The average molecular weight is 410 g/mol. The van der Waals surface area contributed by atoms with Gasteiger partial charge < -0.3 is 20.9 Å². The summed E-state index contributed by atoms with van der Waals surface area (Å²) in [5.41, 5.74) is 8.72. The number of amides is 3. The fraction of sp³-hybridized carbons (Fsp3) is 0.364. The number of Topliss-reactive ketones (excluding diaryl/α,β-unsaturated/α-hetero) is 1. The Hall–Kier alpha value is -3.42. The second-order valence-corrected chi connectivity index (χ2v) is 7.38. The maximum Gasteiger partial charge on any atom is 0.270 e. The van der Waals surface area contributed by atoms with Crippen LogP contribution in [0.25, 0.3) is 0 Å². The number of rotatable bonds is 7. The summed E-state index contributed by atoms with van der Waals surface area (Å²) in [6, 6.07) is 6.28. The van der Waals surface area contributed by atoms with Crippen molar-refractivity contribution >= 4 is 29.2 Å². The normalized spacial score (nSPS) is 12.9. The van der Waals surface area contributed by atoms with Crippen LogP contribution in [0.1, 0.15) is 68.6 Å². The number of carbonyl (C=O) groups excluding carboxylic acids is 4. The molecule has 0 fully saturated rings. The fourth-order valence-corrected chi connectivity index (χ4v) is 3.73. The second-order valence-electron chi connectivity index (χ2n) is 7.38. The first-order valence-electron chi connectivity index (χ1n) is 10.1. The number of hydrogen-bond donors (Lipinski definition) is 3. The SMILES string of the molecule is CCN(CCC(=O)Nc1ccc(C(N)=O)cc1)C(=O)c1[nH]c2c(c1C)C(=O)CCC2. The lowest BCUT2D eigenvalue weighted by Gasteiger charge is -2.20. The molecule has 0 aliphatic heterocycles. The lowest BCUT2D eigenvalue weighted by molar-refractivity contribution is -0.116. The number of fused-ring (bicyclic) bond motifs is 1. The number of anilines is 1. The Morgan fingerprint density at radius 3 is 2.47 bits per heavy atom. The maximum absolute atomic E-state index is 13.0. The molecule has 1 aliphatic carbocycles. The van der Waals surface area contributed by atoms with Gasteiger partial charge in [-0.3, -0.25) is 19.2 Å². The molecule has 4 N–H and O–H groups in total. The van der Waals surface area contributed by atoms with Gasteiger partial charge in [-0.2, -0.15) is 0 Å². The first-order valence-corrected chi connectivity index (χ1v) is 10.1. The smallest absolute Gasteiger partial charge is 0.270 e. The minimum absolute atomic E-state index is 0.0776. The van der Waals surface area contributed by atoms with Gasteiger partial charge in [-0.15, -0.1) is 0 Å². The highest BCUT2D eigenvalue weighted by molar-refractivity contribution is 6.04. The predicted molar refractivity (Wildman–Crippen MR) is 113 cm³/mol. The Labute approximate surface area is 174 Å². The third kappa shape index (κ3) is 4.42. The number of nitrogens with two attached hydrogens (primary N) is 1. The van der Waals surface area contributed by atoms with E-state index in [1.165, 1.54) is 12.1 Å². The van der Waals surface area contributed by atoms with E-state index in [1.807, 2.05) is 6.92 Å². The van der Waals surface area contributed by atoms with E-state index in [-0.39, 0.29) is 30.6 Å². The Morgan fingerprint density at radius 2 is 1.87 bits per heavy atom. The summed E-state index contributed by atoms with van der Waals surface area (Å²) >= 11 is 0. The van der Waals surface area contributed by atoms with E-state index < -0.39 is 5.91 Å². The molecule has 0 bridgehead atoms. The summed E-state index contributed by atoms with van der Waals surface area (Å²) in [6.07, 6.45) is 2.18. The molecule has 8 nitrogen and oxygen atoms in total. The molecule has 3 amide bonds. The predicted octanol–water partition coefficient (Wildman–Crippen LogP) is 2.43. The summed E-state index contributed by atoms with van der Waals surface area (Å²) in [5.74, 6) is -0.914. The third-order valence-corrected chi connectivity index (χ3v) is 5.38. The quantitative estimate of drug-likeness (QED) is 0.648. The van der Waals surface area contributed by atoms with E-state index in [0.29, 0.717) is 41.0 Å². The summed E-state index contributed by atoms with van der Waals surface area (Å²) in [6.45, 7) is 4.33. The highest BCUT2D eigenvalue weighted by Crippen LogP contribution is 2.27. The maximum atomic E-state index is 13.0. The number of aryl methyl sites for hydroxylation is 1. The number of primary amides is 1. The molecule has 0 unspecified atom stereocenters. The van der Waals surface area contributed by atoms with Crippen LogP contribution in [0.5, 0.6) is 0 Å². The van der Waals surface area contributed by atoms with Gasteiger partial charge >= 0.3 is 0 Å². The molecule has 1 heterocycles. The minimum Gasteiger partial charge on any atom is -0.366 e. The number of H-pyrrole nitrogens is 1. The van der Waals surface area contributed by atoms with Crippen LogP contribution in [-0.2, 0) is 11.2 Å². The fourth-order valence-electron chi connectivity index (χ4n) is 3.73. The molecule has 2 aromatic rings. The zero-order chi connectivity index (χ0) is 21.8. The number of ketones is 1. The Kier molecular flexibility index (Phi) is 6.34. The van der Waals surface area contributed by atoms with Crippen molar-refractivity contribution in [1.29, 1.82) is 0 Å². The van der Waals surface area contributed by atoms with Crippen molar-refractivity contribution in [2.45, 2.75) is 39.5 Å². The molecule has 0 radical (unpaired) electrons. The number of aromatic amines is 1. The summed E-state index contributed by atoms with van der Waals surface area (Å²) in [4.78, 5) is 53.3. The van der Waals surface area contributed by atoms with Crippen LogP contribution in [-0.4, -0.2) is 46.5 Å². The van der Waals surface area contributed by atoms with Crippen molar-refractivity contribution < 1.29 is 19.2 Å². The highest BCUT2D eigenvalue weighted by Gasteiger charge is 2.28. The van der Waals surface area contributed by atoms with Crippen LogP contribution in [0.3, 0.4) is 0 Å². The zero-order valence-corrected chi connectivity index (χ0v) is 17.2. The van der Waals surface area contributed by atoms with Crippen LogP contribution in [0.2, 0.25) is 0 Å². The van der Waals surface area contributed by atoms with E-state index in [4.69, 9.17) is 5.73 Å². The van der Waals surface area contributed by atoms with E-state index >= 15 is 0 Å². The average Bonchev–Trinajstić information content (AvgIpc) is 3.06. The Balaban J connectivity index is 1.62. The van der Waals surface area contributed by atoms with Crippen molar-refractivity contribution in [1.82, 2.24) is 9.88 Å². The van der Waals surface area contributed by atoms with Gasteiger partial charge in [0.25, 0.3) is 5.91 Å². The van der Waals surface area contributed by atoms with Crippen molar-refractivity contribution in [3.05, 3.63) is 52.3 Å². The number of hydrogen-bond acceptors (Lipinski definition) is 4. The molecular weight excluding hydrogens is 384 g/mol. The van der Waals surface area contributed by atoms with Gasteiger partial charge in [0, 0.05) is 48.4 Å². The lowest BCUT2D eigenvalue weighted by atomic mass is 9.94. The van der Waals surface area contributed by atoms with E-state index in [9.17, 15) is 19.2 Å². The minimum atomic E-state index is -0.534. The molecule has 0 saturated heterocycles. The molecule has 8 heteroatoms. The van der Waals surface area contributed by atoms with E-state index in [2.05, 4.69) is 10.3 Å². The standard InChI is InChI=1S/C22H26N4O4/c1-3-26(12-11-18(28)24-15-9-7-14(8-10-15)21(23)29)22(30)20-13(2)19-16(25-20)5-4-6-17(19)27/h7-10,25H,3-6,11-12H2,1-2H3,(H2,23,29)(H,24,28). The van der Waals surface area contributed by atoms with E-state index in [0.717, 1.165) is 18.5 Å². The topological polar surface area (TPSA) is 125 Å². The first kappa shape index (κ1) is 21.3. The van der Waals surface area contributed by atoms with Crippen LogP contribution in [0.15, 0.2) is 24.3 Å². The molecule has 1 aromatic carbocycles. The highest BCUT2D eigenvalue weighted by atomic mass is 16.2. The molecular formula is C22H26N4O4. The molecule has 0 spiro atoms. The molecule has 3 rings (SSSR count). The zero-order valence-electron chi connectivity index (χ0n) is 17.2. The van der Waals surface area contributed by atoms with Crippen LogP contribution >= 0.6 is 0 Å². The summed E-state index contributed by atoms with van der Waals surface area (Å²) in [7, 11) is 0. The molecule has 158 valence electrons. The molecule has 0 saturated carbocycles. The first-order chi connectivity index (χ1) is 14.3. The van der Waals surface area contributed by atoms with Crippen molar-refractivity contribution in [3.8, 4) is 0 Å². The van der Waals surface area contributed by atoms with Gasteiger partial charge in [-0.1, -0.05) is 0 Å². The molecule has 30 heavy (non-hydrogen) atoms. The van der Waals surface area contributed by atoms with E-state index in [1.54, 1.807) is 24.0 Å². The number of benzene rings is 1. The number of nitrogens with one attached hydrogen (secondary N) is 2. The third-order valence-electron chi connectivity index (χ3n) is 5.38. The van der Waals surface area contributed by atoms with Crippen LogP contribution in [0, 0.1) is 6.92 Å². The number of carbonyl (C=O) groups is 4. The van der Waals surface area contributed by atoms with Gasteiger partial charge in [-0.25, -0.2) is 0 Å². The number of nitrogens with zero attached hydrogens (tertiary/aromatic N) is 1. The number of aromatic nitrogens is 1. The van der Waals surface area contributed by atoms with Crippen molar-refractivity contribution in [2.24, 2.45) is 5.73 Å². The molecule has 0 atom stereocenters. The van der Waals surface area contributed by atoms with Gasteiger partial charge in [0.15, 0.2) is 5.78 Å². The molecule has 1 aliphatic rings. The summed E-state index contributed by atoms with van der Waals surface area (Å²) in [5, 5.41) is 2.74. The van der Waals surface area contributed by atoms with Crippen LogP contribution < -0.4 is 11.1 Å².